The maximum atomic E-state index is 12.9. The first-order chi connectivity index (χ1) is 17.4. The number of thiophene rings is 1. The second-order valence-corrected chi connectivity index (χ2v) is 9.30. The van der Waals surface area contributed by atoms with Crippen molar-refractivity contribution in [3.05, 3.63) is 105 Å². The van der Waals surface area contributed by atoms with Crippen LogP contribution in [0.4, 0.5) is 0 Å². The summed E-state index contributed by atoms with van der Waals surface area (Å²) in [6, 6.07) is 21.1. The van der Waals surface area contributed by atoms with E-state index in [1.54, 1.807) is 42.5 Å². The number of ether oxygens (including phenoxy) is 3. The van der Waals surface area contributed by atoms with Gasteiger partial charge in [-0.05, 0) is 29.8 Å². The van der Waals surface area contributed by atoms with Crippen LogP contribution < -0.4 is 15.2 Å². The van der Waals surface area contributed by atoms with Gasteiger partial charge in [0.2, 0.25) is 5.88 Å². The molecule has 0 bridgehead atoms. The van der Waals surface area contributed by atoms with E-state index in [1.165, 1.54) is 18.4 Å². The first-order valence-corrected chi connectivity index (χ1v) is 11.9. The Hall–Kier alpha value is -4.32. The van der Waals surface area contributed by atoms with Gasteiger partial charge in [-0.15, -0.1) is 11.3 Å². The minimum Gasteiger partial charge on any atom is -0.465 e. The number of allylic oxidation sites excluding steroid dienone is 1. The van der Waals surface area contributed by atoms with Gasteiger partial charge in [-0.1, -0.05) is 48.0 Å². The van der Waals surface area contributed by atoms with Crippen LogP contribution in [0.15, 0.2) is 78.2 Å². The van der Waals surface area contributed by atoms with Crippen LogP contribution in [0.5, 0.6) is 11.5 Å². The van der Waals surface area contributed by atoms with E-state index in [0.29, 0.717) is 26.8 Å². The lowest BCUT2D eigenvalue weighted by Gasteiger charge is -2.26. The van der Waals surface area contributed by atoms with Gasteiger partial charge in [-0.3, -0.25) is 0 Å². The summed E-state index contributed by atoms with van der Waals surface area (Å²) >= 11 is 7.67. The molecule has 2 heterocycles. The maximum absolute atomic E-state index is 12.9. The van der Waals surface area contributed by atoms with Crippen molar-refractivity contribution in [2.24, 2.45) is 5.73 Å². The van der Waals surface area contributed by atoms with E-state index in [2.05, 4.69) is 6.07 Å². The van der Waals surface area contributed by atoms with Crippen molar-refractivity contribution in [2.75, 3.05) is 7.11 Å². The minimum absolute atomic E-state index is 0.0527. The molecule has 1 aliphatic rings. The number of methoxy groups -OCH3 is 1. The highest BCUT2D eigenvalue weighted by atomic mass is 35.5. The number of carbonyl (C=O) groups excluding carboxylic acids is 2. The first-order valence-electron chi connectivity index (χ1n) is 10.7. The predicted molar refractivity (Wildman–Crippen MR) is 135 cm³/mol. The number of rotatable bonds is 4. The summed E-state index contributed by atoms with van der Waals surface area (Å²) in [5, 5.41) is 10.9. The molecule has 0 amide bonds. The van der Waals surface area contributed by atoms with Crippen molar-refractivity contribution in [1.82, 2.24) is 0 Å². The van der Waals surface area contributed by atoms with Crippen molar-refractivity contribution in [2.45, 2.75) is 5.92 Å². The Labute approximate surface area is 214 Å². The number of fused-ring (bicyclic) bond motifs is 2. The quantitative estimate of drug-likeness (QED) is 0.270. The second kappa shape index (κ2) is 9.38. The van der Waals surface area contributed by atoms with E-state index in [9.17, 15) is 14.9 Å². The summed E-state index contributed by atoms with van der Waals surface area (Å²) in [5.41, 5.74) is 8.08. The molecule has 1 aromatic heterocycles. The number of halogens is 1. The molecule has 0 saturated heterocycles. The lowest BCUT2D eigenvalue weighted by molar-refractivity contribution is 0.0600. The van der Waals surface area contributed by atoms with Crippen molar-refractivity contribution in [3.8, 4) is 17.6 Å². The minimum atomic E-state index is -0.590. The van der Waals surface area contributed by atoms with Crippen LogP contribution in [0.3, 0.4) is 0 Å². The summed E-state index contributed by atoms with van der Waals surface area (Å²) in [7, 11) is 1.31. The molecule has 5 rings (SSSR count). The van der Waals surface area contributed by atoms with Crippen molar-refractivity contribution < 1.29 is 23.8 Å². The third-order valence-electron chi connectivity index (χ3n) is 5.79. The van der Waals surface area contributed by atoms with Crippen LogP contribution in [-0.4, -0.2) is 19.0 Å². The van der Waals surface area contributed by atoms with Crippen molar-refractivity contribution >= 4 is 45.0 Å². The number of hydrogen-bond acceptors (Lipinski definition) is 8. The van der Waals surface area contributed by atoms with E-state index in [1.807, 2.05) is 24.3 Å². The van der Waals surface area contributed by atoms with Gasteiger partial charge in [0, 0.05) is 21.7 Å². The van der Waals surface area contributed by atoms with Gasteiger partial charge >= 0.3 is 11.9 Å². The summed E-state index contributed by atoms with van der Waals surface area (Å²) in [6.45, 7) is 0. The number of carbonyl (C=O) groups is 2. The second-order valence-electron chi connectivity index (χ2n) is 7.87. The standard InChI is InChI=1S/C27H17ClN2O5S/c1-33-26(31)15-8-6-14(7-9-15)22-17-11-10-16(12-20(17)35-25(30)19(22)13-29)34-27(32)24-23(28)18-4-2-3-5-21(18)36-24/h2-12,22H,30H2,1H3. The molecule has 0 spiro atoms. The Bertz CT molecular complexity index is 1600. The highest BCUT2D eigenvalue weighted by molar-refractivity contribution is 7.21. The average molecular weight is 517 g/mol. The number of benzene rings is 3. The van der Waals surface area contributed by atoms with Crippen LogP contribution in [0, 0.1) is 11.3 Å². The monoisotopic (exact) mass is 516 g/mol. The summed E-state index contributed by atoms with van der Waals surface area (Å²) in [4.78, 5) is 25.0. The zero-order valence-electron chi connectivity index (χ0n) is 18.8. The van der Waals surface area contributed by atoms with Crippen LogP contribution in [0.2, 0.25) is 5.02 Å². The van der Waals surface area contributed by atoms with E-state index in [0.717, 1.165) is 15.6 Å². The Balaban J connectivity index is 1.47. The highest BCUT2D eigenvalue weighted by Gasteiger charge is 2.31. The molecule has 0 fully saturated rings. The highest BCUT2D eigenvalue weighted by Crippen LogP contribution is 2.44. The van der Waals surface area contributed by atoms with Crippen LogP contribution >= 0.6 is 22.9 Å². The molecule has 0 radical (unpaired) electrons. The van der Waals surface area contributed by atoms with Gasteiger partial charge in [0.15, 0.2) is 0 Å². The predicted octanol–water partition coefficient (Wildman–Crippen LogP) is 5.78. The summed E-state index contributed by atoms with van der Waals surface area (Å²) < 4.78 is 16.9. The van der Waals surface area contributed by atoms with Gasteiger partial charge in [0.05, 0.1) is 23.6 Å². The Morgan fingerprint density at radius 2 is 1.83 bits per heavy atom. The largest absolute Gasteiger partial charge is 0.465 e. The molecule has 9 heteroatoms. The SMILES string of the molecule is COC(=O)c1ccc(C2C(C#N)=C(N)Oc3cc(OC(=O)c4sc5ccccc5c4Cl)ccc32)cc1. The van der Waals surface area contributed by atoms with Gasteiger partial charge in [0.1, 0.15) is 28.0 Å². The Morgan fingerprint density at radius 3 is 2.53 bits per heavy atom. The van der Waals surface area contributed by atoms with E-state index in [4.69, 9.17) is 31.5 Å². The molecule has 178 valence electrons. The number of nitrogens with zero attached hydrogens (tertiary/aromatic N) is 1. The zero-order valence-corrected chi connectivity index (χ0v) is 20.4. The fourth-order valence-electron chi connectivity index (χ4n) is 4.07. The molecule has 2 N–H and O–H groups in total. The first kappa shape index (κ1) is 23.4. The summed E-state index contributed by atoms with van der Waals surface area (Å²) in [6.07, 6.45) is 0. The topological polar surface area (TPSA) is 112 Å². The van der Waals surface area contributed by atoms with Crippen molar-refractivity contribution in [3.63, 3.8) is 0 Å². The molecule has 3 aromatic carbocycles. The molecular weight excluding hydrogens is 500 g/mol. The number of esters is 2. The number of hydrogen-bond donors (Lipinski definition) is 1. The van der Waals surface area contributed by atoms with Gasteiger partial charge in [0.25, 0.3) is 0 Å². The maximum Gasteiger partial charge on any atom is 0.355 e. The molecular formula is C27H17ClN2O5S. The molecule has 1 aliphatic heterocycles. The average Bonchev–Trinajstić information content (AvgIpc) is 3.24. The third-order valence-corrected chi connectivity index (χ3v) is 7.44. The van der Waals surface area contributed by atoms with E-state index >= 15 is 0 Å². The van der Waals surface area contributed by atoms with Gasteiger partial charge in [-0.2, -0.15) is 5.26 Å². The smallest absolute Gasteiger partial charge is 0.355 e. The molecule has 7 nitrogen and oxygen atoms in total. The number of nitrogens with two attached hydrogens (primary N) is 1. The van der Waals surface area contributed by atoms with Crippen LogP contribution in [0.1, 0.15) is 37.1 Å². The molecule has 4 aromatic rings. The van der Waals surface area contributed by atoms with Crippen LogP contribution in [0.25, 0.3) is 10.1 Å². The fourth-order valence-corrected chi connectivity index (χ4v) is 5.46. The summed E-state index contributed by atoms with van der Waals surface area (Å²) in [5.74, 6) is -1.06. The normalized spacial score (nSPS) is 14.5. The molecule has 0 saturated carbocycles. The van der Waals surface area contributed by atoms with Crippen LogP contribution in [-0.2, 0) is 4.74 Å². The molecule has 1 atom stereocenters. The Morgan fingerprint density at radius 1 is 1.08 bits per heavy atom. The lowest BCUT2D eigenvalue weighted by atomic mass is 9.83. The van der Waals surface area contributed by atoms with E-state index < -0.39 is 17.9 Å². The lowest BCUT2D eigenvalue weighted by Crippen LogP contribution is -2.21. The molecule has 36 heavy (non-hydrogen) atoms. The third kappa shape index (κ3) is 4.05. The number of nitriles is 1. The Kier molecular flexibility index (Phi) is 6.10. The molecule has 1 unspecified atom stereocenters. The zero-order chi connectivity index (χ0) is 25.4. The van der Waals surface area contributed by atoms with Gasteiger partial charge < -0.3 is 19.9 Å². The molecule has 0 aliphatic carbocycles. The fraction of sp³-hybridized carbons (Fsp3) is 0.0741. The van der Waals surface area contributed by atoms with Crippen molar-refractivity contribution in [1.29, 1.82) is 5.26 Å². The van der Waals surface area contributed by atoms with E-state index in [-0.39, 0.29) is 17.2 Å². The van der Waals surface area contributed by atoms with Gasteiger partial charge in [-0.25, -0.2) is 9.59 Å².